The molecule has 182 valence electrons. The molecule has 4 rings (SSSR count). The Bertz CT molecular complexity index is 1440. The molecule has 0 aliphatic carbocycles. The molecule has 0 radical (unpaired) electrons. The minimum atomic E-state index is -0.671. The first-order valence-corrected chi connectivity index (χ1v) is 11.6. The number of carbonyl (C=O) groups is 3. The summed E-state index contributed by atoms with van der Waals surface area (Å²) in [5, 5.41) is 12.2. The highest BCUT2D eigenvalue weighted by molar-refractivity contribution is 9.10. The predicted molar refractivity (Wildman–Crippen MR) is 132 cm³/mol. The van der Waals surface area contributed by atoms with Crippen molar-refractivity contribution >= 4 is 51.5 Å². The Morgan fingerprint density at radius 2 is 2.03 bits per heavy atom. The van der Waals surface area contributed by atoms with Crippen LogP contribution in [-0.2, 0) is 22.7 Å². The zero-order valence-electron chi connectivity index (χ0n) is 18.7. The molecule has 0 saturated carbocycles. The van der Waals surface area contributed by atoms with Crippen LogP contribution < -0.4 is 10.1 Å². The number of benzene rings is 2. The van der Waals surface area contributed by atoms with Crippen molar-refractivity contribution in [2.75, 3.05) is 7.11 Å². The molecule has 9 nitrogen and oxygen atoms in total. The Balaban J connectivity index is 1.58. The van der Waals surface area contributed by atoms with E-state index in [1.54, 1.807) is 36.4 Å². The number of ether oxygens (including phenoxy) is 2. The van der Waals surface area contributed by atoms with Crippen molar-refractivity contribution in [3.8, 4) is 11.8 Å². The Kier molecular flexibility index (Phi) is 7.43. The topological polar surface area (TPSA) is 122 Å². The molecule has 36 heavy (non-hydrogen) atoms. The van der Waals surface area contributed by atoms with Crippen LogP contribution in [0.1, 0.15) is 33.0 Å². The van der Waals surface area contributed by atoms with Crippen LogP contribution >= 0.6 is 27.5 Å². The van der Waals surface area contributed by atoms with Gasteiger partial charge in [-0.05, 0) is 52.3 Å². The summed E-state index contributed by atoms with van der Waals surface area (Å²) < 4.78 is 16.5. The van der Waals surface area contributed by atoms with Gasteiger partial charge in [-0.15, -0.1) is 0 Å². The van der Waals surface area contributed by atoms with Crippen LogP contribution in [0.15, 0.2) is 63.1 Å². The van der Waals surface area contributed by atoms with Crippen LogP contribution in [0.2, 0.25) is 5.02 Å². The fourth-order valence-electron chi connectivity index (χ4n) is 3.44. The fraction of sp³-hybridized carbons (Fsp3) is 0.120. The van der Waals surface area contributed by atoms with E-state index in [4.69, 9.17) is 20.8 Å². The van der Waals surface area contributed by atoms with Crippen LogP contribution in [0.4, 0.5) is 4.79 Å². The number of amides is 3. The van der Waals surface area contributed by atoms with Gasteiger partial charge in [0.1, 0.15) is 23.8 Å². The van der Waals surface area contributed by atoms with Crippen LogP contribution in [0.3, 0.4) is 0 Å². The molecule has 1 saturated heterocycles. The third-order valence-electron chi connectivity index (χ3n) is 5.17. The molecule has 1 aromatic heterocycles. The number of rotatable bonds is 7. The molecule has 1 aliphatic heterocycles. The first-order chi connectivity index (χ1) is 17.3. The summed E-state index contributed by atoms with van der Waals surface area (Å²) in [6, 6.07) is 14.6. The number of hydrogen-bond acceptors (Lipinski definition) is 7. The maximum Gasteiger partial charge on any atom is 0.373 e. The predicted octanol–water partition coefficient (Wildman–Crippen LogP) is 5.03. The van der Waals surface area contributed by atoms with Crippen molar-refractivity contribution in [2.45, 2.75) is 13.2 Å². The highest BCUT2D eigenvalue weighted by Crippen LogP contribution is 2.35. The lowest BCUT2D eigenvalue weighted by atomic mass is 10.1. The van der Waals surface area contributed by atoms with Gasteiger partial charge in [-0.1, -0.05) is 29.8 Å². The normalized spacial score (nSPS) is 14.1. The number of nitrogens with one attached hydrogen (secondary N) is 1. The summed E-state index contributed by atoms with van der Waals surface area (Å²) in [5.74, 6) is -0.720. The monoisotopic (exact) mass is 569 g/mol. The third kappa shape index (κ3) is 5.27. The van der Waals surface area contributed by atoms with E-state index in [0.717, 1.165) is 4.90 Å². The van der Waals surface area contributed by atoms with Crippen molar-refractivity contribution in [2.24, 2.45) is 0 Å². The van der Waals surface area contributed by atoms with Gasteiger partial charge in [0.2, 0.25) is 5.76 Å². The summed E-state index contributed by atoms with van der Waals surface area (Å²) in [6.07, 6.45) is 1.45. The van der Waals surface area contributed by atoms with E-state index in [2.05, 4.69) is 32.1 Å². The highest BCUT2D eigenvalue weighted by atomic mass is 79.9. The lowest BCUT2D eigenvalue weighted by molar-refractivity contribution is -0.123. The van der Waals surface area contributed by atoms with Gasteiger partial charge < -0.3 is 19.2 Å². The van der Waals surface area contributed by atoms with E-state index in [1.165, 1.54) is 25.3 Å². The van der Waals surface area contributed by atoms with Crippen LogP contribution in [-0.4, -0.2) is 29.9 Å². The molecule has 11 heteroatoms. The smallest absolute Gasteiger partial charge is 0.373 e. The average Bonchev–Trinajstić information content (AvgIpc) is 3.43. The number of nitrogens with zero attached hydrogens (tertiary/aromatic N) is 2. The second-order valence-corrected chi connectivity index (χ2v) is 8.79. The van der Waals surface area contributed by atoms with Crippen molar-refractivity contribution < 1.29 is 28.3 Å². The van der Waals surface area contributed by atoms with Gasteiger partial charge in [0.05, 0.1) is 29.8 Å². The maximum absolute atomic E-state index is 13.0. The number of methoxy groups -OCH3 is 1. The Hall–Kier alpha value is -4.07. The van der Waals surface area contributed by atoms with Gasteiger partial charge in [0.25, 0.3) is 5.91 Å². The molecule has 0 unspecified atom stereocenters. The second kappa shape index (κ2) is 10.7. The quantitative estimate of drug-likeness (QED) is 0.240. The number of esters is 1. The minimum Gasteiger partial charge on any atom is -0.487 e. The molecule has 1 fully saturated rings. The third-order valence-corrected chi connectivity index (χ3v) is 5.98. The summed E-state index contributed by atoms with van der Waals surface area (Å²) in [4.78, 5) is 38.0. The van der Waals surface area contributed by atoms with Gasteiger partial charge in [0.15, 0.2) is 0 Å². The molecule has 0 spiro atoms. The Labute approximate surface area is 219 Å². The lowest BCUT2D eigenvalue weighted by Gasteiger charge is -2.13. The molecule has 1 aliphatic rings. The van der Waals surface area contributed by atoms with E-state index in [0.29, 0.717) is 31.9 Å². The lowest BCUT2D eigenvalue weighted by Crippen LogP contribution is -2.30. The van der Waals surface area contributed by atoms with E-state index in [1.807, 2.05) is 0 Å². The zero-order chi connectivity index (χ0) is 25.8. The number of imide groups is 1. The zero-order valence-corrected chi connectivity index (χ0v) is 21.1. The largest absolute Gasteiger partial charge is 0.487 e. The maximum atomic E-state index is 13.0. The number of halogens is 2. The van der Waals surface area contributed by atoms with E-state index in [9.17, 15) is 19.6 Å². The minimum absolute atomic E-state index is 0.00353. The molecule has 2 heterocycles. The van der Waals surface area contributed by atoms with E-state index >= 15 is 0 Å². The van der Waals surface area contributed by atoms with Gasteiger partial charge >= 0.3 is 12.0 Å². The summed E-state index contributed by atoms with van der Waals surface area (Å²) in [7, 11) is 1.22. The van der Waals surface area contributed by atoms with Crippen molar-refractivity contribution in [3.63, 3.8) is 0 Å². The van der Waals surface area contributed by atoms with Gasteiger partial charge in [-0.3, -0.25) is 9.69 Å². The van der Waals surface area contributed by atoms with Crippen molar-refractivity contribution in [1.29, 1.82) is 5.26 Å². The second-order valence-electron chi connectivity index (χ2n) is 7.50. The first-order valence-electron chi connectivity index (χ1n) is 10.4. The molecule has 2 aromatic carbocycles. The Morgan fingerprint density at radius 1 is 1.25 bits per heavy atom. The number of carbonyl (C=O) groups excluding carboxylic acids is 3. The van der Waals surface area contributed by atoms with Crippen LogP contribution in [0, 0.1) is 11.3 Å². The van der Waals surface area contributed by atoms with E-state index in [-0.39, 0.29) is 30.4 Å². The Morgan fingerprint density at radius 3 is 2.78 bits per heavy atom. The SMILES string of the molecule is COC(=O)c1ccc(CN2C(=O)N/C(=C\c3cc(Cl)cc(Br)c3OCc3ccccc3C#N)C2=O)o1. The highest BCUT2D eigenvalue weighted by Gasteiger charge is 2.34. The van der Waals surface area contributed by atoms with Gasteiger partial charge in [-0.25, -0.2) is 9.59 Å². The van der Waals surface area contributed by atoms with Crippen LogP contribution in [0.25, 0.3) is 6.08 Å². The fourth-order valence-corrected chi connectivity index (χ4v) is 4.39. The first kappa shape index (κ1) is 25.0. The van der Waals surface area contributed by atoms with Gasteiger partial charge in [0, 0.05) is 16.1 Å². The standard InChI is InChI=1S/C25H17BrClN3O6/c1-34-24(32)21-7-6-18(36-21)12-30-23(31)20(29-25(30)33)9-16-8-17(27)10-19(26)22(16)35-13-15-5-3-2-4-14(15)11-28/h2-10H,12-13H2,1H3,(H,29,33)/b20-9-. The summed E-state index contributed by atoms with van der Waals surface area (Å²) in [5.41, 5.74) is 1.59. The molecule has 0 bridgehead atoms. The summed E-state index contributed by atoms with van der Waals surface area (Å²) >= 11 is 9.65. The molecule has 3 amide bonds. The van der Waals surface area contributed by atoms with Crippen LogP contribution in [0.5, 0.6) is 5.75 Å². The molecule has 1 N–H and O–H groups in total. The number of hydrogen-bond donors (Lipinski definition) is 1. The molecule has 0 atom stereocenters. The number of nitriles is 1. The van der Waals surface area contributed by atoms with Crippen molar-refractivity contribution in [3.05, 3.63) is 91.9 Å². The summed E-state index contributed by atoms with van der Waals surface area (Å²) in [6.45, 7) is -0.0971. The average molecular weight is 571 g/mol. The number of urea groups is 1. The number of furan rings is 1. The molecular formula is C25H17BrClN3O6. The molecule has 3 aromatic rings. The van der Waals surface area contributed by atoms with Crippen molar-refractivity contribution in [1.82, 2.24) is 10.2 Å². The van der Waals surface area contributed by atoms with Gasteiger partial charge in [-0.2, -0.15) is 5.26 Å². The van der Waals surface area contributed by atoms with E-state index < -0.39 is 17.9 Å². The molecular weight excluding hydrogens is 554 g/mol.